The minimum Gasteiger partial charge on any atom is -0.508 e. The van der Waals surface area contributed by atoms with Gasteiger partial charge < -0.3 is 5.11 Å². The highest BCUT2D eigenvalue weighted by atomic mass is 19.1. The zero-order chi connectivity index (χ0) is 8.55. The Hall–Kier alpha value is -1.31. The number of halogens is 1. The molecule has 0 unspecified atom stereocenters. The number of aryl methyl sites for hydroxylation is 1. The highest BCUT2D eigenvalue weighted by Gasteiger charge is 2.11. The Morgan fingerprint density at radius 3 is 3.00 bits per heavy atom. The Labute approximate surface area is 70.2 Å². The van der Waals surface area contributed by atoms with Crippen molar-refractivity contribution in [2.45, 2.75) is 12.8 Å². The van der Waals surface area contributed by atoms with E-state index >= 15 is 0 Å². The number of fused-ring (bicyclic) bond motifs is 1. The second-order valence-corrected chi connectivity index (χ2v) is 2.93. The third kappa shape index (κ3) is 1.09. The van der Waals surface area contributed by atoms with E-state index in [9.17, 15) is 9.50 Å². The first-order valence-corrected chi connectivity index (χ1v) is 3.95. The third-order valence-electron chi connectivity index (χ3n) is 2.10. The van der Waals surface area contributed by atoms with Crippen LogP contribution in [0.3, 0.4) is 0 Å². The van der Waals surface area contributed by atoms with E-state index in [1.54, 1.807) is 12.1 Å². The summed E-state index contributed by atoms with van der Waals surface area (Å²) in [5.41, 5.74) is 1.66. The van der Waals surface area contributed by atoms with Crippen molar-refractivity contribution >= 4 is 5.76 Å². The average molecular weight is 164 g/mol. The molecule has 0 bridgehead atoms. The largest absolute Gasteiger partial charge is 0.508 e. The van der Waals surface area contributed by atoms with Gasteiger partial charge in [0, 0.05) is 5.56 Å². The Morgan fingerprint density at radius 1 is 1.33 bits per heavy atom. The fourth-order valence-electron chi connectivity index (χ4n) is 1.48. The molecule has 62 valence electrons. The van der Waals surface area contributed by atoms with Gasteiger partial charge in [0.25, 0.3) is 0 Å². The van der Waals surface area contributed by atoms with Gasteiger partial charge in [-0.25, -0.2) is 4.39 Å². The molecule has 1 aliphatic rings. The van der Waals surface area contributed by atoms with Gasteiger partial charge in [-0.2, -0.15) is 0 Å². The average Bonchev–Trinajstić information content (AvgIpc) is 2.07. The summed E-state index contributed by atoms with van der Waals surface area (Å²) >= 11 is 0. The molecule has 0 saturated carbocycles. The van der Waals surface area contributed by atoms with Gasteiger partial charge in [0.05, 0.1) is 0 Å². The molecular weight excluding hydrogens is 155 g/mol. The Kier molecular flexibility index (Phi) is 1.61. The van der Waals surface area contributed by atoms with Crippen molar-refractivity contribution in [2.24, 2.45) is 0 Å². The maximum Gasteiger partial charge on any atom is 0.123 e. The highest BCUT2D eigenvalue weighted by Crippen LogP contribution is 2.24. The van der Waals surface area contributed by atoms with Crippen molar-refractivity contribution in [1.29, 1.82) is 0 Å². The van der Waals surface area contributed by atoms with Crippen LogP contribution in [0.2, 0.25) is 0 Å². The van der Waals surface area contributed by atoms with Crippen LogP contribution in [0.4, 0.5) is 4.39 Å². The van der Waals surface area contributed by atoms with Gasteiger partial charge in [-0.3, -0.25) is 0 Å². The van der Waals surface area contributed by atoms with Gasteiger partial charge in [0.1, 0.15) is 11.6 Å². The Morgan fingerprint density at radius 2 is 2.17 bits per heavy atom. The van der Waals surface area contributed by atoms with Crippen molar-refractivity contribution in [3.05, 3.63) is 41.2 Å². The van der Waals surface area contributed by atoms with E-state index in [-0.39, 0.29) is 11.6 Å². The molecule has 2 heteroatoms. The van der Waals surface area contributed by atoms with E-state index in [0.717, 1.165) is 18.4 Å². The number of hydrogen-bond donors (Lipinski definition) is 1. The van der Waals surface area contributed by atoms with Crippen LogP contribution in [0.5, 0.6) is 0 Å². The lowest BCUT2D eigenvalue weighted by molar-refractivity contribution is 0.503. The molecule has 0 heterocycles. The van der Waals surface area contributed by atoms with Crippen molar-refractivity contribution in [3.63, 3.8) is 0 Å². The number of allylic oxidation sites excluding steroid dienone is 1. The number of aliphatic hydroxyl groups is 1. The fourth-order valence-corrected chi connectivity index (χ4v) is 1.48. The summed E-state index contributed by atoms with van der Waals surface area (Å²) in [4.78, 5) is 0. The smallest absolute Gasteiger partial charge is 0.123 e. The van der Waals surface area contributed by atoms with E-state index in [1.807, 2.05) is 0 Å². The molecule has 1 N–H and O–H groups in total. The van der Waals surface area contributed by atoms with Gasteiger partial charge in [-0.1, -0.05) is 6.07 Å². The molecule has 0 saturated heterocycles. The van der Waals surface area contributed by atoms with E-state index in [1.165, 1.54) is 12.1 Å². The lowest BCUT2D eigenvalue weighted by atomic mass is 9.96. The van der Waals surface area contributed by atoms with Crippen molar-refractivity contribution in [2.75, 3.05) is 0 Å². The summed E-state index contributed by atoms with van der Waals surface area (Å²) in [6.07, 6.45) is 3.45. The summed E-state index contributed by atoms with van der Waals surface area (Å²) in [6, 6.07) is 4.53. The molecule has 1 aromatic carbocycles. The first kappa shape index (κ1) is 7.35. The molecule has 0 aliphatic heterocycles. The molecule has 0 aromatic heterocycles. The van der Waals surface area contributed by atoms with Gasteiger partial charge >= 0.3 is 0 Å². The van der Waals surface area contributed by atoms with Crippen molar-refractivity contribution in [3.8, 4) is 0 Å². The summed E-state index contributed by atoms with van der Waals surface area (Å²) in [5, 5.41) is 9.38. The Bertz CT molecular complexity index is 342. The minimum absolute atomic E-state index is 0.204. The summed E-state index contributed by atoms with van der Waals surface area (Å²) in [5.74, 6) is -0.0913. The van der Waals surface area contributed by atoms with Gasteiger partial charge in [-0.15, -0.1) is 0 Å². The molecule has 0 atom stereocenters. The first-order chi connectivity index (χ1) is 5.77. The fraction of sp³-hybridized carbons (Fsp3) is 0.200. The number of hydrogen-bond acceptors (Lipinski definition) is 1. The van der Waals surface area contributed by atoms with Crippen LogP contribution < -0.4 is 0 Å². The van der Waals surface area contributed by atoms with Gasteiger partial charge in [-0.05, 0) is 36.6 Å². The maximum absolute atomic E-state index is 12.7. The molecule has 1 aromatic rings. The van der Waals surface area contributed by atoms with E-state index in [4.69, 9.17) is 0 Å². The summed E-state index contributed by atoms with van der Waals surface area (Å²) in [6.45, 7) is 0. The molecule has 0 fully saturated rings. The van der Waals surface area contributed by atoms with Crippen LogP contribution in [0.25, 0.3) is 5.76 Å². The van der Waals surface area contributed by atoms with Crippen molar-refractivity contribution in [1.82, 2.24) is 0 Å². The molecule has 2 rings (SSSR count). The zero-order valence-electron chi connectivity index (χ0n) is 6.55. The third-order valence-corrected chi connectivity index (χ3v) is 2.10. The van der Waals surface area contributed by atoms with Crippen LogP contribution in [0.15, 0.2) is 24.3 Å². The summed E-state index contributed by atoms with van der Waals surface area (Å²) in [7, 11) is 0. The molecule has 1 nitrogen and oxygen atoms in total. The van der Waals surface area contributed by atoms with Gasteiger partial charge in [0.2, 0.25) is 0 Å². The maximum atomic E-state index is 12.7. The lowest BCUT2D eigenvalue weighted by Gasteiger charge is -2.12. The quantitative estimate of drug-likeness (QED) is 0.625. The molecule has 0 radical (unpaired) electrons. The predicted molar refractivity (Wildman–Crippen MR) is 45.3 cm³/mol. The topological polar surface area (TPSA) is 20.2 Å². The monoisotopic (exact) mass is 164 g/mol. The molecule has 1 aliphatic carbocycles. The van der Waals surface area contributed by atoms with Crippen LogP contribution in [-0.4, -0.2) is 5.11 Å². The second-order valence-electron chi connectivity index (χ2n) is 2.93. The number of aliphatic hydroxyl groups excluding tert-OH is 1. The van der Waals surface area contributed by atoms with Crippen LogP contribution in [0, 0.1) is 5.82 Å². The van der Waals surface area contributed by atoms with Crippen LogP contribution >= 0.6 is 0 Å². The van der Waals surface area contributed by atoms with Crippen molar-refractivity contribution < 1.29 is 9.50 Å². The first-order valence-electron chi connectivity index (χ1n) is 3.95. The lowest BCUT2D eigenvalue weighted by Crippen LogP contribution is -1.99. The SMILES string of the molecule is OC1=CCCc2ccc(F)cc21. The highest BCUT2D eigenvalue weighted by molar-refractivity contribution is 5.63. The molecular formula is C10H9FO. The van der Waals surface area contributed by atoms with Crippen LogP contribution in [-0.2, 0) is 6.42 Å². The zero-order valence-corrected chi connectivity index (χ0v) is 6.55. The second kappa shape index (κ2) is 2.63. The molecule has 0 amide bonds. The summed E-state index contributed by atoms with van der Waals surface area (Å²) < 4.78 is 12.7. The van der Waals surface area contributed by atoms with Crippen LogP contribution in [0.1, 0.15) is 17.5 Å². The number of benzene rings is 1. The van der Waals surface area contributed by atoms with Gasteiger partial charge in [0.15, 0.2) is 0 Å². The molecule has 0 spiro atoms. The Balaban J connectivity index is 2.58. The predicted octanol–water partition coefficient (Wildman–Crippen LogP) is 2.67. The molecule has 12 heavy (non-hydrogen) atoms. The normalized spacial score (nSPS) is 15.2. The van der Waals surface area contributed by atoms with E-state index < -0.39 is 0 Å². The number of rotatable bonds is 0. The standard InChI is InChI=1S/C10H9FO/c11-8-5-4-7-2-1-3-10(12)9(7)6-8/h3-6,12H,1-2H2. The van der Waals surface area contributed by atoms with E-state index in [0.29, 0.717) is 5.56 Å². The van der Waals surface area contributed by atoms with E-state index in [2.05, 4.69) is 0 Å². The minimum atomic E-state index is -0.296.